The second-order valence-corrected chi connectivity index (χ2v) is 5.83. The Morgan fingerprint density at radius 3 is 2.53 bits per heavy atom. The lowest BCUT2D eigenvalue weighted by atomic mass is 9.78. The zero-order valence-corrected chi connectivity index (χ0v) is 11.8. The number of hydrogen-bond acceptors (Lipinski definition) is 3. The number of rotatable bonds is 4. The molecule has 0 aromatic carbocycles. The van der Waals surface area contributed by atoms with E-state index < -0.39 is 0 Å². The molecular weight excluding hydrogens is 214 g/mol. The molecule has 0 aliphatic heterocycles. The summed E-state index contributed by atoms with van der Waals surface area (Å²) < 4.78 is 7.10. The van der Waals surface area contributed by atoms with Crippen LogP contribution in [-0.2, 0) is 7.05 Å². The van der Waals surface area contributed by atoms with E-state index in [0.717, 1.165) is 17.9 Å². The van der Waals surface area contributed by atoms with Crippen LogP contribution in [0, 0.1) is 11.3 Å². The van der Waals surface area contributed by atoms with Crippen molar-refractivity contribution in [2.75, 3.05) is 7.11 Å². The van der Waals surface area contributed by atoms with Gasteiger partial charge in [0.15, 0.2) is 5.75 Å². The molecule has 0 radical (unpaired) electrons. The van der Waals surface area contributed by atoms with Crippen LogP contribution >= 0.6 is 0 Å². The number of ether oxygens (including phenoxy) is 1. The molecule has 1 aromatic heterocycles. The molecule has 0 spiro atoms. The van der Waals surface area contributed by atoms with Gasteiger partial charge in [0.2, 0.25) is 0 Å². The molecule has 2 N–H and O–H groups in total. The second kappa shape index (κ2) is 5.08. The Morgan fingerprint density at radius 2 is 2.06 bits per heavy atom. The standard InChI is InChI=1S/C13H25N3O/c1-9(13(2,3)4)7-10(14)12-11(17-6)8-15-16(12)5/h8-10H,7,14H2,1-6H3. The quantitative estimate of drug-likeness (QED) is 0.878. The monoisotopic (exact) mass is 239 g/mol. The van der Waals surface area contributed by atoms with Crippen molar-refractivity contribution in [1.82, 2.24) is 9.78 Å². The largest absolute Gasteiger partial charge is 0.493 e. The zero-order chi connectivity index (χ0) is 13.2. The van der Waals surface area contributed by atoms with Crippen molar-refractivity contribution in [3.8, 4) is 5.75 Å². The van der Waals surface area contributed by atoms with Crippen molar-refractivity contribution < 1.29 is 4.74 Å². The molecule has 1 rings (SSSR count). The third-order valence-corrected chi connectivity index (χ3v) is 3.61. The van der Waals surface area contributed by atoms with Gasteiger partial charge in [0.1, 0.15) is 0 Å². The minimum atomic E-state index is -0.0355. The van der Waals surface area contributed by atoms with Crippen LogP contribution in [0.4, 0.5) is 0 Å². The summed E-state index contributed by atoms with van der Waals surface area (Å²) in [7, 11) is 3.56. The Hall–Kier alpha value is -1.03. The normalized spacial score (nSPS) is 15.7. The molecule has 2 atom stereocenters. The molecule has 0 aliphatic rings. The summed E-state index contributed by atoms with van der Waals surface area (Å²) in [5.41, 5.74) is 7.52. The highest BCUT2D eigenvalue weighted by atomic mass is 16.5. The maximum absolute atomic E-state index is 6.27. The molecule has 4 heteroatoms. The molecule has 1 aromatic rings. The topological polar surface area (TPSA) is 53.1 Å². The van der Waals surface area contributed by atoms with E-state index in [1.165, 1.54) is 0 Å². The molecule has 2 unspecified atom stereocenters. The number of methoxy groups -OCH3 is 1. The smallest absolute Gasteiger partial charge is 0.161 e. The van der Waals surface area contributed by atoms with E-state index in [1.54, 1.807) is 18.0 Å². The highest BCUT2D eigenvalue weighted by Gasteiger charge is 2.25. The van der Waals surface area contributed by atoms with Crippen LogP contribution in [0.5, 0.6) is 5.75 Å². The molecule has 4 nitrogen and oxygen atoms in total. The fourth-order valence-corrected chi connectivity index (χ4v) is 1.85. The van der Waals surface area contributed by atoms with Gasteiger partial charge in [0, 0.05) is 7.05 Å². The first kappa shape index (κ1) is 14.0. The average Bonchev–Trinajstić information content (AvgIpc) is 2.57. The molecular formula is C13H25N3O. The summed E-state index contributed by atoms with van der Waals surface area (Å²) in [6.07, 6.45) is 2.65. The van der Waals surface area contributed by atoms with E-state index in [9.17, 15) is 0 Å². The van der Waals surface area contributed by atoms with Crippen molar-refractivity contribution >= 4 is 0 Å². The summed E-state index contributed by atoms with van der Waals surface area (Å²) in [5.74, 6) is 1.32. The first-order chi connectivity index (χ1) is 7.77. The SMILES string of the molecule is COc1cnn(C)c1C(N)CC(C)C(C)(C)C. The summed E-state index contributed by atoms with van der Waals surface area (Å²) in [6, 6.07) is -0.0355. The van der Waals surface area contributed by atoms with Gasteiger partial charge in [0.25, 0.3) is 0 Å². The van der Waals surface area contributed by atoms with Gasteiger partial charge in [-0.1, -0.05) is 27.7 Å². The third kappa shape index (κ3) is 3.22. The molecule has 0 bridgehead atoms. The lowest BCUT2D eigenvalue weighted by Gasteiger charge is -2.29. The van der Waals surface area contributed by atoms with Gasteiger partial charge in [-0.15, -0.1) is 0 Å². The van der Waals surface area contributed by atoms with Crippen LogP contribution < -0.4 is 10.5 Å². The van der Waals surface area contributed by atoms with Crippen molar-refractivity contribution in [3.05, 3.63) is 11.9 Å². The fraction of sp³-hybridized carbons (Fsp3) is 0.769. The number of nitrogens with two attached hydrogens (primary N) is 1. The highest BCUT2D eigenvalue weighted by molar-refractivity contribution is 5.27. The van der Waals surface area contributed by atoms with E-state index in [2.05, 4.69) is 32.8 Å². The van der Waals surface area contributed by atoms with Crippen LogP contribution in [-0.4, -0.2) is 16.9 Å². The predicted octanol–water partition coefficient (Wildman–Crippen LogP) is 2.50. The number of hydrogen-bond donors (Lipinski definition) is 1. The summed E-state index contributed by atoms with van der Waals surface area (Å²) in [5, 5.41) is 4.19. The van der Waals surface area contributed by atoms with Gasteiger partial charge in [-0.05, 0) is 17.8 Å². The first-order valence-electron chi connectivity index (χ1n) is 6.08. The summed E-state index contributed by atoms with van der Waals surface area (Å²) in [4.78, 5) is 0. The Kier molecular flexibility index (Phi) is 4.20. The summed E-state index contributed by atoms with van der Waals surface area (Å²) in [6.45, 7) is 8.96. The Balaban J connectivity index is 2.83. The average molecular weight is 239 g/mol. The third-order valence-electron chi connectivity index (χ3n) is 3.61. The van der Waals surface area contributed by atoms with E-state index in [0.29, 0.717) is 5.92 Å². The van der Waals surface area contributed by atoms with E-state index in [-0.39, 0.29) is 11.5 Å². The van der Waals surface area contributed by atoms with Crippen molar-refractivity contribution in [2.24, 2.45) is 24.1 Å². The highest BCUT2D eigenvalue weighted by Crippen LogP contribution is 2.34. The van der Waals surface area contributed by atoms with Crippen LogP contribution in [0.3, 0.4) is 0 Å². The Morgan fingerprint density at radius 1 is 1.47 bits per heavy atom. The Bertz CT molecular complexity index is 365. The van der Waals surface area contributed by atoms with Crippen molar-refractivity contribution in [2.45, 2.75) is 40.2 Å². The van der Waals surface area contributed by atoms with Gasteiger partial charge >= 0.3 is 0 Å². The predicted molar refractivity (Wildman–Crippen MR) is 69.9 cm³/mol. The Labute approximate surface area is 104 Å². The van der Waals surface area contributed by atoms with Gasteiger partial charge in [-0.2, -0.15) is 5.10 Å². The van der Waals surface area contributed by atoms with Gasteiger partial charge in [-0.25, -0.2) is 0 Å². The minimum absolute atomic E-state index is 0.0355. The molecule has 0 saturated heterocycles. The van der Waals surface area contributed by atoms with Gasteiger partial charge in [0.05, 0.1) is 25.0 Å². The van der Waals surface area contributed by atoms with Crippen molar-refractivity contribution in [1.29, 1.82) is 0 Å². The molecule has 1 heterocycles. The van der Waals surface area contributed by atoms with E-state index >= 15 is 0 Å². The van der Waals surface area contributed by atoms with Crippen LogP contribution in [0.2, 0.25) is 0 Å². The second-order valence-electron chi connectivity index (χ2n) is 5.83. The van der Waals surface area contributed by atoms with Crippen molar-refractivity contribution in [3.63, 3.8) is 0 Å². The fourth-order valence-electron chi connectivity index (χ4n) is 1.85. The van der Waals surface area contributed by atoms with Crippen LogP contribution in [0.15, 0.2) is 6.20 Å². The van der Waals surface area contributed by atoms with Gasteiger partial charge < -0.3 is 10.5 Å². The van der Waals surface area contributed by atoms with E-state index in [4.69, 9.17) is 10.5 Å². The molecule has 98 valence electrons. The minimum Gasteiger partial charge on any atom is -0.493 e. The summed E-state index contributed by atoms with van der Waals surface area (Å²) >= 11 is 0. The zero-order valence-electron chi connectivity index (χ0n) is 11.8. The maximum Gasteiger partial charge on any atom is 0.161 e. The molecule has 0 fully saturated rings. The van der Waals surface area contributed by atoms with Crippen LogP contribution in [0.25, 0.3) is 0 Å². The molecule has 0 amide bonds. The number of nitrogens with zero attached hydrogens (tertiary/aromatic N) is 2. The van der Waals surface area contributed by atoms with Crippen LogP contribution in [0.1, 0.15) is 45.9 Å². The number of aryl methyl sites for hydroxylation is 1. The molecule has 17 heavy (non-hydrogen) atoms. The van der Waals surface area contributed by atoms with Gasteiger partial charge in [-0.3, -0.25) is 4.68 Å². The first-order valence-corrected chi connectivity index (χ1v) is 6.08. The maximum atomic E-state index is 6.27. The molecule has 0 aliphatic carbocycles. The lowest BCUT2D eigenvalue weighted by molar-refractivity contribution is 0.230. The number of aromatic nitrogens is 2. The van der Waals surface area contributed by atoms with E-state index in [1.807, 2.05) is 7.05 Å². The lowest BCUT2D eigenvalue weighted by Crippen LogP contribution is -2.24. The molecule has 0 saturated carbocycles.